The lowest BCUT2D eigenvalue weighted by atomic mass is 9.88. The van der Waals surface area contributed by atoms with Crippen LogP contribution in [0.1, 0.15) is 38.5 Å². The van der Waals surface area contributed by atoms with Gasteiger partial charge in [-0.3, -0.25) is 0 Å². The van der Waals surface area contributed by atoms with Gasteiger partial charge >= 0.3 is 0 Å². The summed E-state index contributed by atoms with van der Waals surface area (Å²) in [6.45, 7) is 0.949. The highest BCUT2D eigenvalue weighted by molar-refractivity contribution is 9.09. The van der Waals surface area contributed by atoms with E-state index in [9.17, 15) is 0 Å². The average Bonchev–Trinajstić information content (AvgIpc) is 2.26. The van der Waals surface area contributed by atoms with Gasteiger partial charge in [-0.2, -0.15) is 0 Å². The van der Waals surface area contributed by atoms with Crippen LogP contribution in [0.25, 0.3) is 0 Å². The number of ether oxygens (including phenoxy) is 2. The number of hydrogen-bond donors (Lipinski definition) is 0. The monoisotopic (exact) mass is 276 g/mol. The first kappa shape index (κ1) is 11.9. The third-order valence-electron chi connectivity index (χ3n) is 3.72. The molecule has 3 unspecified atom stereocenters. The molecule has 3 atom stereocenters. The molecule has 2 nitrogen and oxygen atoms in total. The number of halogens is 1. The molecule has 2 fully saturated rings. The second-order valence-electron chi connectivity index (χ2n) is 4.83. The SMILES string of the molecule is COC1C(Br)CC1OCC1CCCCC1. The molecule has 2 rings (SSSR count). The summed E-state index contributed by atoms with van der Waals surface area (Å²) in [5, 5.41) is 0. The standard InChI is InChI=1S/C12H21BrO2/c1-14-12-10(13)7-11(12)15-8-9-5-3-2-4-6-9/h9-12H,2-8H2,1H3. The molecule has 0 amide bonds. The van der Waals surface area contributed by atoms with Crippen molar-refractivity contribution >= 4 is 15.9 Å². The van der Waals surface area contributed by atoms with E-state index in [1.807, 2.05) is 0 Å². The Kier molecular flexibility index (Phi) is 4.47. The molecule has 0 radical (unpaired) electrons. The van der Waals surface area contributed by atoms with Gasteiger partial charge in [0, 0.05) is 18.5 Å². The van der Waals surface area contributed by atoms with Crippen molar-refractivity contribution < 1.29 is 9.47 Å². The summed E-state index contributed by atoms with van der Waals surface area (Å²) in [5.74, 6) is 0.811. The van der Waals surface area contributed by atoms with Gasteiger partial charge in [-0.25, -0.2) is 0 Å². The largest absolute Gasteiger partial charge is 0.378 e. The summed E-state index contributed by atoms with van der Waals surface area (Å²) >= 11 is 3.59. The van der Waals surface area contributed by atoms with Crippen LogP contribution in [-0.4, -0.2) is 30.8 Å². The smallest absolute Gasteiger partial charge is 0.0958 e. The number of rotatable bonds is 4. The van der Waals surface area contributed by atoms with Crippen LogP contribution in [0.2, 0.25) is 0 Å². The predicted molar refractivity (Wildman–Crippen MR) is 64.4 cm³/mol. The summed E-state index contributed by atoms with van der Waals surface area (Å²) < 4.78 is 11.3. The maximum absolute atomic E-state index is 5.94. The Morgan fingerprint density at radius 1 is 1.20 bits per heavy atom. The third kappa shape index (κ3) is 2.95. The van der Waals surface area contributed by atoms with Gasteiger partial charge < -0.3 is 9.47 Å². The van der Waals surface area contributed by atoms with Crippen LogP contribution in [-0.2, 0) is 9.47 Å². The molecular formula is C12H21BrO2. The van der Waals surface area contributed by atoms with Gasteiger partial charge in [0.25, 0.3) is 0 Å². The normalized spacial score (nSPS) is 37.6. The second-order valence-corrected chi connectivity index (χ2v) is 6.00. The fourth-order valence-electron chi connectivity index (χ4n) is 2.60. The molecule has 3 heteroatoms. The Labute approximate surface area is 101 Å². The summed E-state index contributed by atoms with van der Waals surface area (Å²) in [4.78, 5) is 0.499. The van der Waals surface area contributed by atoms with Crippen LogP contribution < -0.4 is 0 Å². The molecule has 2 aliphatic carbocycles. The summed E-state index contributed by atoms with van der Waals surface area (Å²) in [6.07, 6.45) is 8.65. The topological polar surface area (TPSA) is 18.5 Å². The fraction of sp³-hybridized carbons (Fsp3) is 1.00. The molecule has 88 valence electrons. The van der Waals surface area contributed by atoms with E-state index in [-0.39, 0.29) is 6.10 Å². The maximum atomic E-state index is 5.94. The van der Waals surface area contributed by atoms with E-state index >= 15 is 0 Å². The van der Waals surface area contributed by atoms with E-state index in [1.165, 1.54) is 32.1 Å². The van der Waals surface area contributed by atoms with Crippen molar-refractivity contribution in [3.05, 3.63) is 0 Å². The van der Waals surface area contributed by atoms with Crippen molar-refractivity contribution in [2.24, 2.45) is 5.92 Å². The molecule has 0 N–H and O–H groups in total. The van der Waals surface area contributed by atoms with Crippen molar-refractivity contribution in [3.8, 4) is 0 Å². The molecule has 0 aromatic rings. The van der Waals surface area contributed by atoms with E-state index in [0.717, 1.165) is 18.9 Å². The molecule has 0 saturated heterocycles. The van der Waals surface area contributed by atoms with Crippen molar-refractivity contribution in [2.75, 3.05) is 13.7 Å². The minimum absolute atomic E-state index is 0.272. The average molecular weight is 277 g/mol. The third-order valence-corrected chi connectivity index (χ3v) is 4.62. The lowest BCUT2D eigenvalue weighted by molar-refractivity contribution is -0.116. The fourth-order valence-corrected chi connectivity index (χ4v) is 3.53. The molecule has 0 spiro atoms. The molecule has 2 aliphatic rings. The maximum Gasteiger partial charge on any atom is 0.0958 e. The van der Waals surface area contributed by atoms with Crippen LogP contribution in [0, 0.1) is 5.92 Å². The van der Waals surface area contributed by atoms with Crippen molar-refractivity contribution in [1.82, 2.24) is 0 Å². The van der Waals surface area contributed by atoms with Gasteiger partial charge in [0.1, 0.15) is 0 Å². The highest BCUT2D eigenvalue weighted by Crippen LogP contribution is 2.34. The van der Waals surface area contributed by atoms with E-state index in [2.05, 4.69) is 15.9 Å². The summed E-state index contributed by atoms with van der Waals surface area (Å²) in [6, 6.07) is 0. The molecule has 0 aromatic heterocycles. The van der Waals surface area contributed by atoms with Crippen molar-refractivity contribution in [2.45, 2.75) is 55.6 Å². The summed E-state index contributed by atoms with van der Waals surface area (Å²) in [7, 11) is 1.77. The van der Waals surface area contributed by atoms with Crippen molar-refractivity contribution in [1.29, 1.82) is 0 Å². The Bertz CT molecular complexity index is 192. The van der Waals surface area contributed by atoms with Crippen LogP contribution in [0.15, 0.2) is 0 Å². The molecule has 0 aromatic carbocycles. The first-order valence-electron chi connectivity index (χ1n) is 6.09. The van der Waals surface area contributed by atoms with E-state index in [1.54, 1.807) is 7.11 Å². The summed E-state index contributed by atoms with van der Waals surface area (Å²) in [5.41, 5.74) is 0. The minimum Gasteiger partial charge on any atom is -0.378 e. The number of methoxy groups -OCH3 is 1. The van der Waals surface area contributed by atoms with Gasteiger partial charge in [-0.05, 0) is 25.2 Å². The van der Waals surface area contributed by atoms with Gasteiger partial charge in [0.15, 0.2) is 0 Å². The zero-order valence-corrected chi connectivity index (χ0v) is 11.0. The first-order chi connectivity index (χ1) is 7.31. The van der Waals surface area contributed by atoms with E-state index in [0.29, 0.717) is 10.9 Å². The lowest BCUT2D eigenvalue weighted by Crippen LogP contribution is -2.50. The Morgan fingerprint density at radius 2 is 1.93 bits per heavy atom. The highest BCUT2D eigenvalue weighted by Gasteiger charge is 2.40. The van der Waals surface area contributed by atoms with Crippen LogP contribution in [0.4, 0.5) is 0 Å². The van der Waals surface area contributed by atoms with Crippen LogP contribution >= 0.6 is 15.9 Å². The zero-order chi connectivity index (χ0) is 10.7. The lowest BCUT2D eigenvalue weighted by Gasteiger charge is -2.40. The number of hydrogen-bond acceptors (Lipinski definition) is 2. The first-order valence-corrected chi connectivity index (χ1v) is 7.01. The van der Waals surface area contributed by atoms with Gasteiger partial charge in [0.05, 0.1) is 12.2 Å². The predicted octanol–water partition coefficient (Wildman–Crippen LogP) is 3.13. The minimum atomic E-state index is 0.272. The molecule has 0 heterocycles. The molecular weight excluding hydrogens is 256 g/mol. The Balaban J connectivity index is 1.65. The van der Waals surface area contributed by atoms with Gasteiger partial charge in [-0.1, -0.05) is 35.2 Å². The van der Waals surface area contributed by atoms with Gasteiger partial charge in [-0.15, -0.1) is 0 Å². The van der Waals surface area contributed by atoms with Gasteiger partial charge in [0.2, 0.25) is 0 Å². The van der Waals surface area contributed by atoms with Crippen LogP contribution in [0.5, 0.6) is 0 Å². The number of alkyl halides is 1. The van der Waals surface area contributed by atoms with Crippen LogP contribution in [0.3, 0.4) is 0 Å². The van der Waals surface area contributed by atoms with E-state index in [4.69, 9.17) is 9.47 Å². The Morgan fingerprint density at radius 3 is 2.53 bits per heavy atom. The molecule has 0 bridgehead atoms. The van der Waals surface area contributed by atoms with E-state index < -0.39 is 0 Å². The molecule has 15 heavy (non-hydrogen) atoms. The second kappa shape index (κ2) is 5.65. The zero-order valence-electron chi connectivity index (χ0n) is 9.45. The highest BCUT2D eigenvalue weighted by atomic mass is 79.9. The van der Waals surface area contributed by atoms with Crippen molar-refractivity contribution in [3.63, 3.8) is 0 Å². The molecule has 2 saturated carbocycles. The quantitative estimate of drug-likeness (QED) is 0.735. The Hall–Kier alpha value is 0.400. The molecule has 0 aliphatic heterocycles.